The molecule has 1 amide bonds. The maximum Gasteiger partial charge on any atom is 0.225 e. The van der Waals surface area contributed by atoms with E-state index in [2.05, 4.69) is 51.7 Å². The Balaban J connectivity index is 2.33. The molecule has 0 bridgehead atoms. The zero-order chi connectivity index (χ0) is 15.8. The largest absolute Gasteiger partial charge is 0.340 e. The van der Waals surface area contributed by atoms with E-state index in [1.165, 1.54) is 19.3 Å². The molecule has 1 aliphatic rings. The number of hydrogen-bond acceptors (Lipinski definition) is 1. The molecule has 0 aromatic heterocycles. The molecule has 0 N–H and O–H groups in total. The van der Waals surface area contributed by atoms with Gasteiger partial charge < -0.3 is 4.90 Å². The van der Waals surface area contributed by atoms with Crippen LogP contribution in [0.2, 0.25) is 0 Å². The van der Waals surface area contributed by atoms with Crippen LogP contribution in [0, 0.1) is 17.8 Å². The van der Waals surface area contributed by atoms with Crippen molar-refractivity contribution in [2.75, 3.05) is 6.54 Å². The van der Waals surface area contributed by atoms with Crippen LogP contribution in [0.5, 0.6) is 0 Å². The van der Waals surface area contributed by atoms with Crippen LogP contribution in [0.15, 0.2) is 12.2 Å². The van der Waals surface area contributed by atoms with Gasteiger partial charge >= 0.3 is 0 Å². The van der Waals surface area contributed by atoms with Crippen LogP contribution < -0.4 is 0 Å². The Morgan fingerprint density at radius 1 is 1.14 bits per heavy atom. The zero-order valence-corrected chi connectivity index (χ0v) is 14.8. The molecule has 2 unspecified atom stereocenters. The molecular formula is C19H35NO. The van der Waals surface area contributed by atoms with Crippen molar-refractivity contribution >= 4 is 5.91 Å². The third kappa shape index (κ3) is 7.15. The van der Waals surface area contributed by atoms with Crippen LogP contribution >= 0.6 is 0 Å². The van der Waals surface area contributed by atoms with Crippen LogP contribution in [0.4, 0.5) is 0 Å². The van der Waals surface area contributed by atoms with Gasteiger partial charge in [0.25, 0.3) is 0 Å². The fourth-order valence-electron chi connectivity index (χ4n) is 3.00. The molecule has 0 radical (unpaired) electrons. The number of rotatable bonds is 10. The highest BCUT2D eigenvalue weighted by atomic mass is 16.2. The number of carbonyl (C=O) groups is 1. The van der Waals surface area contributed by atoms with E-state index in [9.17, 15) is 4.79 Å². The van der Waals surface area contributed by atoms with E-state index in [0.29, 0.717) is 23.8 Å². The van der Waals surface area contributed by atoms with Gasteiger partial charge in [-0.2, -0.15) is 0 Å². The van der Waals surface area contributed by atoms with Crippen molar-refractivity contribution in [3.8, 4) is 0 Å². The lowest BCUT2D eigenvalue weighted by Crippen LogP contribution is -2.41. The minimum Gasteiger partial charge on any atom is -0.340 e. The third-order valence-corrected chi connectivity index (χ3v) is 4.37. The van der Waals surface area contributed by atoms with E-state index < -0.39 is 0 Å². The van der Waals surface area contributed by atoms with E-state index >= 15 is 0 Å². The van der Waals surface area contributed by atoms with Gasteiger partial charge in [-0.1, -0.05) is 32.9 Å². The Kier molecular flexibility index (Phi) is 8.06. The van der Waals surface area contributed by atoms with Gasteiger partial charge in [-0.3, -0.25) is 4.79 Å². The first-order valence-corrected chi connectivity index (χ1v) is 8.91. The van der Waals surface area contributed by atoms with Crippen LogP contribution in [-0.4, -0.2) is 23.4 Å². The molecule has 21 heavy (non-hydrogen) atoms. The monoisotopic (exact) mass is 293 g/mol. The summed E-state index contributed by atoms with van der Waals surface area (Å²) < 4.78 is 0. The van der Waals surface area contributed by atoms with Crippen molar-refractivity contribution in [1.82, 2.24) is 4.90 Å². The molecule has 2 heteroatoms. The zero-order valence-electron chi connectivity index (χ0n) is 14.8. The van der Waals surface area contributed by atoms with Gasteiger partial charge in [0, 0.05) is 18.5 Å². The summed E-state index contributed by atoms with van der Waals surface area (Å²) in [4.78, 5) is 14.4. The topological polar surface area (TPSA) is 20.3 Å². The lowest BCUT2D eigenvalue weighted by Gasteiger charge is -2.30. The predicted octanol–water partition coefficient (Wildman–Crippen LogP) is 5.04. The van der Waals surface area contributed by atoms with Crippen molar-refractivity contribution in [2.45, 2.75) is 79.2 Å². The molecule has 1 fully saturated rings. The molecule has 2 nitrogen and oxygen atoms in total. The second-order valence-corrected chi connectivity index (χ2v) is 7.26. The summed E-state index contributed by atoms with van der Waals surface area (Å²) in [5.41, 5.74) is 0. The van der Waals surface area contributed by atoms with Crippen molar-refractivity contribution in [3.05, 3.63) is 12.2 Å². The van der Waals surface area contributed by atoms with Gasteiger partial charge in [0.15, 0.2) is 0 Å². The second-order valence-electron chi connectivity index (χ2n) is 7.26. The Morgan fingerprint density at radius 2 is 1.81 bits per heavy atom. The van der Waals surface area contributed by atoms with Crippen LogP contribution in [0.25, 0.3) is 0 Å². The third-order valence-electron chi connectivity index (χ3n) is 4.37. The van der Waals surface area contributed by atoms with E-state index in [1.807, 2.05) is 0 Å². The van der Waals surface area contributed by atoms with Crippen LogP contribution in [0.3, 0.4) is 0 Å². The Labute approximate surface area is 132 Å². The summed E-state index contributed by atoms with van der Waals surface area (Å²) in [6.07, 6.45) is 11.6. The highest BCUT2D eigenvalue weighted by Crippen LogP contribution is 2.32. The quantitative estimate of drug-likeness (QED) is 0.517. The highest BCUT2D eigenvalue weighted by molar-refractivity contribution is 5.81. The Hall–Kier alpha value is -0.790. The number of hydrogen-bond donors (Lipinski definition) is 0. The molecule has 1 rings (SSSR count). The highest BCUT2D eigenvalue weighted by Gasteiger charge is 2.34. The molecule has 0 spiro atoms. The molecule has 0 heterocycles. The fraction of sp³-hybridized carbons (Fsp3) is 0.842. The summed E-state index contributed by atoms with van der Waals surface area (Å²) in [6, 6.07) is 0.336. The number of amides is 1. The van der Waals surface area contributed by atoms with Crippen molar-refractivity contribution in [3.63, 3.8) is 0 Å². The van der Waals surface area contributed by atoms with Gasteiger partial charge in [0.1, 0.15) is 0 Å². The van der Waals surface area contributed by atoms with Crippen molar-refractivity contribution < 1.29 is 4.79 Å². The first-order valence-electron chi connectivity index (χ1n) is 8.91. The molecular weight excluding hydrogens is 258 g/mol. The molecule has 0 aliphatic heterocycles. The maximum absolute atomic E-state index is 12.3. The summed E-state index contributed by atoms with van der Waals surface area (Å²) in [5, 5.41) is 0. The SMILES string of the molecule is CC/C=C\CCC(C)CC(C)CN(C(=O)C1CC1)C(C)C. The molecule has 0 aromatic rings. The average molecular weight is 293 g/mol. The van der Waals surface area contributed by atoms with Gasteiger partial charge in [0.2, 0.25) is 5.91 Å². The molecule has 1 aliphatic carbocycles. The minimum absolute atomic E-state index is 0.336. The number of nitrogens with zero attached hydrogens (tertiary/aromatic N) is 1. The van der Waals surface area contributed by atoms with Crippen molar-refractivity contribution in [2.24, 2.45) is 17.8 Å². The fourth-order valence-corrected chi connectivity index (χ4v) is 3.00. The average Bonchev–Trinajstić information content (AvgIpc) is 3.24. The predicted molar refractivity (Wildman–Crippen MR) is 91.2 cm³/mol. The summed E-state index contributed by atoms with van der Waals surface area (Å²) >= 11 is 0. The first kappa shape index (κ1) is 18.3. The molecule has 122 valence electrons. The van der Waals surface area contributed by atoms with Crippen molar-refractivity contribution in [1.29, 1.82) is 0 Å². The summed E-state index contributed by atoms with van der Waals surface area (Å²) in [7, 11) is 0. The number of allylic oxidation sites excluding steroid dienone is 2. The first-order chi connectivity index (χ1) is 9.95. The normalized spacial score (nSPS) is 18.2. The lowest BCUT2D eigenvalue weighted by molar-refractivity contribution is -0.135. The lowest BCUT2D eigenvalue weighted by atomic mass is 9.92. The van der Waals surface area contributed by atoms with Crippen LogP contribution in [0.1, 0.15) is 73.1 Å². The van der Waals surface area contributed by atoms with E-state index in [4.69, 9.17) is 0 Å². The summed E-state index contributed by atoms with van der Waals surface area (Å²) in [6.45, 7) is 12.0. The molecule has 1 saturated carbocycles. The Bertz CT molecular complexity index is 330. The van der Waals surface area contributed by atoms with E-state index in [-0.39, 0.29) is 0 Å². The Morgan fingerprint density at radius 3 is 2.33 bits per heavy atom. The molecule has 2 atom stereocenters. The summed E-state index contributed by atoms with van der Waals surface area (Å²) in [5.74, 6) is 2.08. The molecule has 0 saturated heterocycles. The van der Waals surface area contributed by atoms with Gasteiger partial charge in [-0.05, 0) is 64.2 Å². The molecule has 0 aromatic carbocycles. The standard InChI is InChI=1S/C19H35NO/c1-6-7-8-9-10-16(4)13-17(5)14-20(15(2)3)19(21)18-11-12-18/h7-8,15-18H,6,9-14H2,1-5H3/b8-7-. The van der Waals surface area contributed by atoms with E-state index in [0.717, 1.165) is 31.7 Å². The van der Waals surface area contributed by atoms with Gasteiger partial charge in [0.05, 0.1) is 0 Å². The van der Waals surface area contributed by atoms with Crippen LogP contribution in [-0.2, 0) is 4.79 Å². The van der Waals surface area contributed by atoms with E-state index in [1.54, 1.807) is 0 Å². The van der Waals surface area contributed by atoms with Gasteiger partial charge in [-0.15, -0.1) is 0 Å². The second kappa shape index (κ2) is 9.27. The minimum atomic E-state index is 0.336. The van der Waals surface area contributed by atoms with Gasteiger partial charge in [-0.25, -0.2) is 0 Å². The smallest absolute Gasteiger partial charge is 0.225 e. The maximum atomic E-state index is 12.3. The number of carbonyl (C=O) groups excluding carboxylic acids is 1.